The van der Waals surface area contributed by atoms with Crippen LogP contribution in [0.4, 0.5) is 0 Å². The van der Waals surface area contributed by atoms with Crippen LogP contribution in [0, 0.1) is 29.1 Å². The minimum atomic E-state index is -0.128. The van der Waals surface area contributed by atoms with Gasteiger partial charge in [0.1, 0.15) is 0 Å². The minimum absolute atomic E-state index is 0.128. The van der Waals surface area contributed by atoms with Crippen molar-refractivity contribution in [1.82, 2.24) is 5.32 Å². The second-order valence-electron chi connectivity index (χ2n) is 11.3. The number of rotatable bonds is 6. The van der Waals surface area contributed by atoms with E-state index in [-0.39, 0.29) is 10.8 Å². The molecule has 0 aromatic heterocycles. The van der Waals surface area contributed by atoms with Crippen molar-refractivity contribution >= 4 is 5.91 Å². The number of nitrogens with one attached hydrogen (secondary N) is 1. The van der Waals surface area contributed by atoms with E-state index in [0.29, 0.717) is 17.9 Å². The number of amides is 1. The van der Waals surface area contributed by atoms with Crippen molar-refractivity contribution in [1.29, 1.82) is 0 Å². The second-order valence-corrected chi connectivity index (χ2v) is 11.3. The lowest BCUT2D eigenvalue weighted by Crippen LogP contribution is -2.62. The first-order chi connectivity index (χ1) is 14.6. The number of hydrogen-bond acceptors (Lipinski definition) is 2. The molecule has 5 aliphatic rings. The maximum absolute atomic E-state index is 13.8. The van der Waals surface area contributed by atoms with Gasteiger partial charge in [-0.3, -0.25) is 4.79 Å². The smallest absolute Gasteiger partial charge is 0.226 e. The monoisotopic (exact) mass is 408 g/mol. The van der Waals surface area contributed by atoms with Crippen molar-refractivity contribution in [2.75, 3.05) is 6.54 Å². The molecule has 4 bridgehead atoms. The van der Waals surface area contributed by atoms with Crippen LogP contribution in [0.2, 0.25) is 0 Å². The van der Waals surface area contributed by atoms with Gasteiger partial charge in [-0.15, -0.1) is 0 Å². The molecule has 0 heterocycles. The average Bonchev–Trinajstić information content (AvgIpc) is 2.77. The number of carbonyl (C=O) groups is 1. The van der Waals surface area contributed by atoms with Gasteiger partial charge in [0, 0.05) is 6.04 Å². The summed E-state index contributed by atoms with van der Waals surface area (Å²) in [5.74, 6) is 3.35. The highest BCUT2D eigenvalue weighted by Crippen LogP contribution is 2.68. The molecule has 2 unspecified atom stereocenters. The summed E-state index contributed by atoms with van der Waals surface area (Å²) in [6.07, 6.45) is 13.1. The molecule has 0 radical (unpaired) electrons. The van der Waals surface area contributed by atoms with Crippen LogP contribution in [0.3, 0.4) is 0 Å². The summed E-state index contributed by atoms with van der Waals surface area (Å²) in [5.41, 5.74) is 7.47. The molecule has 3 nitrogen and oxygen atoms in total. The van der Waals surface area contributed by atoms with E-state index in [1.54, 1.807) is 0 Å². The molecule has 1 aromatic carbocycles. The van der Waals surface area contributed by atoms with Gasteiger partial charge >= 0.3 is 0 Å². The van der Waals surface area contributed by atoms with Crippen molar-refractivity contribution in [3.63, 3.8) is 0 Å². The van der Waals surface area contributed by atoms with Gasteiger partial charge in [-0.2, -0.15) is 0 Å². The SMILES string of the molecule is CCCC1C2CC3(C(=O)NC4CCC(CN)CC4)CC1CC(c1ccccc1)(C2)C3. The van der Waals surface area contributed by atoms with Crippen LogP contribution in [0.5, 0.6) is 0 Å². The van der Waals surface area contributed by atoms with Gasteiger partial charge in [-0.05, 0) is 99.0 Å². The Bertz CT molecular complexity index is 735. The topological polar surface area (TPSA) is 55.1 Å². The largest absolute Gasteiger partial charge is 0.353 e. The first-order valence-corrected chi connectivity index (χ1v) is 12.6. The van der Waals surface area contributed by atoms with E-state index in [9.17, 15) is 4.79 Å². The first-order valence-electron chi connectivity index (χ1n) is 12.6. The number of hydrogen-bond donors (Lipinski definition) is 2. The van der Waals surface area contributed by atoms with Gasteiger partial charge in [0.25, 0.3) is 0 Å². The van der Waals surface area contributed by atoms with Crippen LogP contribution in [0.15, 0.2) is 30.3 Å². The highest BCUT2D eigenvalue weighted by molar-refractivity contribution is 5.84. The summed E-state index contributed by atoms with van der Waals surface area (Å²) in [4.78, 5) is 13.8. The van der Waals surface area contributed by atoms with E-state index in [4.69, 9.17) is 5.73 Å². The molecule has 3 heteroatoms. The predicted molar refractivity (Wildman–Crippen MR) is 122 cm³/mol. The quantitative estimate of drug-likeness (QED) is 0.681. The molecule has 3 N–H and O–H groups in total. The van der Waals surface area contributed by atoms with Crippen molar-refractivity contribution in [2.24, 2.45) is 34.8 Å². The zero-order valence-electron chi connectivity index (χ0n) is 18.7. The fourth-order valence-corrected chi connectivity index (χ4v) is 8.33. The molecule has 6 rings (SSSR count). The Kier molecular flexibility index (Phi) is 5.46. The molecule has 1 aromatic rings. The summed E-state index contributed by atoms with van der Waals surface area (Å²) >= 11 is 0. The zero-order valence-corrected chi connectivity index (χ0v) is 18.7. The van der Waals surface area contributed by atoms with Gasteiger partial charge < -0.3 is 11.1 Å². The van der Waals surface area contributed by atoms with Crippen molar-refractivity contribution in [2.45, 2.75) is 89.0 Å². The molecule has 0 aliphatic heterocycles. The Balaban J connectivity index is 1.39. The van der Waals surface area contributed by atoms with E-state index >= 15 is 0 Å². The van der Waals surface area contributed by atoms with Gasteiger partial charge in [-0.25, -0.2) is 0 Å². The van der Waals surface area contributed by atoms with E-state index in [1.807, 2.05) is 0 Å². The second kappa shape index (κ2) is 7.97. The Morgan fingerprint density at radius 1 is 1.03 bits per heavy atom. The molecule has 164 valence electrons. The molecular weight excluding hydrogens is 368 g/mol. The molecule has 5 aliphatic carbocycles. The van der Waals surface area contributed by atoms with Gasteiger partial charge in [-0.1, -0.05) is 50.1 Å². The lowest BCUT2D eigenvalue weighted by molar-refractivity contribution is -0.159. The highest BCUT2D eigenvalue weighted by Gasteiger charge is 2.63. The standard InChI is InChI=1S/C27H40N2O/c1-2-6-24-20-13-26(22-7-4-3-5-8-22)14-21(24)16-27(15-20,18-26)25(30)29-23-11-9-19(17-28)10-12-23/h3-5,7-8,19-21,23-24H,2,6,9-18,28H2,1H3,(H,29,30). The summed E-state index contributed by atoms with van der Waals surface area (Å²) in [6.45, 7) is 3.13. The van der Waals surface area contributed by atoms with Gasteiger partial charge in [0.15, 0.2) is 0 Å². The molecule has 2 atom stereocenters. The third kappa shape index (κ3) is 3.42. The molecule has 0 spiro atoms. The maximum Gasteiger partial charge on any atom is 0.226 e. The molecule has 5 fully saturated rings. The van der Waals surface area contributed by atoms with E-state index in [2.05, 4.69) is 42.6 Å². The first kappa shape index (κ1) is 20.5. The summed E-state index contributed by atoms with van der Waals surface area (Å²) in [5, 5.41) is 3.56. The summed E-state index contributed by atoms with van der Waals surface area (Å²) in [6, 6.07) is 11.6. The van der Waals surface area contributed by atoms with Gasteiger partial charge in [0.05, 0.1) is 5.41 Å². The van der Waals surface area contributed by atoms with Crippen molar-refractivity contribution < 1.29 is 4.79 Å². The Hall–Kier alpha value is -1.35. The Labute approximate surface area is 182 Å². The maximum atomic E-state index is 13.8. The van der Waals surface area contributed by atoms with Crippen LogP contribution in [0.25, 0.3) is 0 Å². The molecule has 0 saturated heterocycles. The number of carbonyl (C=O) groups excluding carboxylic acids is 1. The third-order valence-corrected chi connectivity index (χ3v) is 9.50. The molecular formula is C27H40N2O. The van der Waals surface area contributed by atoms with Crippen LogP contribution >= 0.6 is 0 Å². The van der Waals surface area contributed by atoms with Crippen LogP contribution in [-0.4, -0.2) is 18.5 Å². The van der Waals surface area contributed by atoms with Crippen LogP contribution in [-0.2, 0) is 10.2 Å². The summed E-state index contributed by atoms with van der Waals surface area (Å²) in [7, 11) is 0. The molecule has 1 amide bonds. The number of nitrogens with two attached hydrogens (primary N) is 1. The van der Waals surface area contributed by atoms with Crippen LogP contribution < -0.4 is 11.1 Å². The van der Waals surface area contributed by atoms with E-state index < -0.39 is 0 Å². The lowest BCUT2D eigenvalue weighted by Gasteiger charge is -2.64. The predicted octanol–water partition coefficient (Wildman–Crippen LogP) is 5.18. The Morgan fingerprint density at radius 2 is 1.70 bits per heavy atom. The van der Waals surface area contributed by atoms with E-state index in [1.165, 1.54) is 44.1 Å². The van der Waals surface area contributed by atoms with Crippen molar-refractivity contribution in [3.05, 3.63) is 35.9 Å². The molecule has 30 heavy (non-hydrogen) atoms. The summed E-state index contributed by atoms with van der Waals surface area (Å²) < 4.78 is 0. The Morgan fingerprint density at radius 3 is 2.30 bits per heavy atom. The average molecular weight is 409 g/mol. The van der Waals surface area contributed by atoms with Gasteiger partial charge in [0.2, 0.25) is 5.91 Å². The van der Waals surface area contributed by atoms with E-state index in [0.717, 1.165) is 56.4 Å². The normalized spacial score (nSPS) is 42.3. The fraction of sp³-hybridized carbons (Fsp3) is 0.741. The third-order valence-electron chi connectivity index (χ3n) is 9.50. The van der Waals surface area contributed by atoms with Crippen molar-refractivity contribution in [3.8, 4) is 0 Å². The minimum Gasteiger partial charge on any atom is -0.353 e. The van der Waals surface area contributed by atoms with Crippen LogP contribution in [0.1, 0.15) is 83.1 Å². The highest BCUT2D eigenvalue weighted by atomic mass is 16.2. The lowest BCUT2D eigenvalue weighted by atomic mass is 9.39. The zero-order chi connectivity index (χ0) is 20.8. The number of benzene rings is 1. The molecule has 5 saturated carbocycles. The fourth-order valence-electron chi connectivity index (χ4n) is 8.33.